The number of aromatic amines is 1. The molecule has 0 spiro atoms. The smallest absolute Gasteiger partial charge is 0.0504 e. The summed E-state index contributed by atoms with van der Waals surface area (Å²) in [6, 6.07) is 8.43. The summed E-state index contributed by atoms with van der Waals surface area (Å²) >= 11 is 0. The fraction of sp³-hybridized carbons (Fsp3) is 0.385. The molecular formula is C13H18N2O. The van der Waals surface area contributed by atoms with Crippen molar-refractivity contribution >= 4 is 16.6 Å². The molecule has 0 saturated carbocycles. The monoisotopic (exact) mass is 218 g/mol. The number of methoxy groups -OCH3 is 1. The second-order valence-corrected chi connectivity index (χ2v) is 4.22. The van der Waals surface area contributed by atoms with Gasteiger partial charge in [-0.3, -0.25) is 0 Å². The van der Waals surface area contributed by atoms with Crippen LogP contribution >= 0.6 is 0 Å². The van der Waals surface area contributed by atoms with Gasteiger partial charge in [-0.1, -0.05) is 6.92 Å². The lowest BCUT2D eigenvalue weighted by molar-refractivity contribution is 0.164. The maximum Gasteiger partial charge on any atom is 0.0504 e. The van der Waals surface area contributed by atoms with Crippen LogP contribution < -0.4 is 5.32 Å². The summed E-state index contributed by atoms with van der Waals surface area (Å²) in [6.07, 6.45) is 1.96. The Hall–Kier alpha value is -1.48. The highest BCUT2D eigenvalue weighted by Crippen LogP contribution is 2.17. The zero-order valence-corrected chi connectivity index (χ0v) is 9.79. The molecule has 0 aliphatic carbocycles. The summed E-state index contributed by atoms with van der Waals surface area (Å²) in [4.78, 5) is 3.18. The van der Waals surface area contributed by atoms with Crippen LogP contribution in [0.4, 0.5) is 5.69 Å². The topological polar surface area (TPSA) is 37.0 Å². The number of rotatable bonds is 5. The van der Waals surface area contributed by atoms with Crippen molar-refractivity contribution in [2.24, 2.45) is 5.92 Å². The normalized spacial score (nSPS) is 12.9. The zero-order chi connectivity index (χ0) is 11.4. The number of H-pyrrole nitrogens is 1. The molecule has 2 rings (SSSR count). The summed E-state index contributed by atoms with van der Waals surface area (Å²) in [7, 11) is 1.74. The van der Waals surface area contributed by atoms with Gasteiger partial charge in [0.15, 0.2) is 0 Å². The third kappa shape index (κ3) is 2.55. The fourth-order valence-electron chi connectivity index (χ4n) is 1.80. The standard InChI is InChI=1S/C13H18N2O/c1-10(9-16-2)8-15-12-3-4-13-11(7-12)5-6-14-13/h3-7,10,14-15H,8-9H2,1-2H3. The van der Waals surface area contributed by atoms with E-state index in [2.05, 4.69) is 41.5 Å². The number of hydrogen-bond donors (Lipinski definition) is 2. The van der Waals surface area contributed by atoms with Gasteiger partial charge < -0.3 is 15.0 Å². The average Bonchev–Trinajstić information content (AvgIpc) is 2.74. The lowest BCUT2D eigenvalue weighted by Crippen LogP contribution is -2.15. The van der Waals surface area contributed by atoms with Crippen LogP contribution in [0.15, 0.2) is 30.5 Å². The molecule has 3 nitrogen and oxygen atoms in total. The first-order valence-corrected chi connectivity index (χ1v) is 5.59. The van der Waals surface area contributed by atoms with Crippen molar-refractivity contribution in [1.29, 1.82) is 0 Å². The van der Waals surface area contributed by atoms with Crippen molar-refractivity contribution in [2.75, 3.05) is 25.6 Å². The van der Waals surface area contributed by atoms with Gasteiger partial charge in [0, 0.05) is 36.4 Å². The molecule has 1 unspecified atom stereocenters. The molecule has 1 atom stereocenters. The van der Waals surface area contributed by atoms with E-state index in [1.54, 1.807) is 7.11 Å². The molecule has 0 radical (unpaired) electrons. The van der Waals surface area contributed by atoms with Crippen molar-refractivity contribution in [3.8, 4) is 0 Å². The molecule has 86 valence electrons. The number of anilines is 1. The van der Waals surface area contributed by atoms with Gasteiger partial charge >= 0.3 is 0 Å². The van der Waals surface area contributed by atoms with Crippen LogP contribution in [0.2, 0.25) is 0 Å². The summed E-state index contributed by atoms with van der Waals surface area (Å²) in [5.74, 6) is 0.520. The predicted molar refractivity (Wildman–Crippen MR) is 67.8 cm³/mol. The molecule has 0 amide bonds. The van der Waals surface area contributed by atoms with Gasteiger partial charge in [0.2, 0.25) is 0 Å². The minimum absolute atomic E-state index is 0.520. The van der Waals surface area contributed by atoms with Crippen LogP contribution in [0.3, 0.4) is 0 Å². The number of hydrogen-bond acceptors (Lipinski definition) is 2. The second kappa shape index (κ2) is 5.03. The quantitative estimate of drug-likeness (QED) is 0.809. The van der Waals surface area contributed by atoms with Crippen LogP contribution in [-0.2, 0) is 4.74 Å². The lowest BCUT2D eigenvalue weighted by atomic mass is 10.2. The Kier molecular flexibility index (Phi) is 3.47. The Morgan fingerprint density at radius 1 is 1.38 bits per heavy atom. The van der Waals surface area contributed by atoms with E-state index < -0.39 is 0 Å². The molecule has 1 aromatic carbocycles. The van der Waals surface area contributed by atoms with E-state index in [-0.39, 0.29) is 0 Å². The molecule has 16 heavy (non-hydrogen) atoms. The highest BCUT2D eigenvalue weighted by Gasteiger charge is 2.01. The summed E-state index contributed by atoms with van der Waals surface area (Å²) in [5, 5.41) is 4.66. The summed E-state index contributed by atoms with van der Waals surface area (Å²) in [5.41, 5.74) is 2.34. The Labute approximate surface area is 95.8 Å². The van der Waals surface area contributed by atoms with E-state index in [9.17, 15) is 0 Å². The Balaban J connectivity index is 1.98. The second-order valence-electron chi connectivity index (χ2n) is 4.22. The number of benzene rings is 1. The number of ether oxygens (including phenoxy) is 1. The van der Waals surface area contributed by atoms with Crippen LogP contribution in [0.1, 0.15) is 6.92 Å². The van der Waals surface area contributed by atoms with Crippen molar-refractivity contribution < 1.29 is 4.74 Å². The Morgan fingerprint density at radius 2 is 2.25 bits per heavy atom. The van der Waals surface area contributed by atoms with Gasteiger partial charge in [0.1, 0.15) is 0 Å². The van der Waals surface area contributed by atoms with Gasteiger partial charge in [-0.2, -0.15) is 0 Å². The van der Waals surface area contributed by atoms with Gasteiger partial charge in [-0.05, 0) is 30.2 Å². The highest BCUT2D eigenvalue weighted by molar-refractivity contribution is 5.82. The van der Waals surface area contributed by atoms with Crippen molar-refractivity contribution in [3.05, 3.63) is 30.5 Å². The first-order chi connectivity index (χ1) is 7.79. The van der Waals surface area contributed by atoms with E-state index in [0.717, 1.165) is 18.8 Å². The predicted octanol–water partition coefficient (Wildman–Crippen LogP) is 2.86. The molecule has 0 bridgehead atoms. The van der Waals surface area contributed by atoms with Crippen molar-refractivity contribution in [1.82, 2.24) is 4.98 Å². The van der Waals surface area contributed by atoms with Crippen LogP contribution in [0, 0.1) is 5.92 Å². The molecule has 2 aromatic rings. The lowest BCUT2D eigenvalue weighted by Gasteiger charge is -2.12. The number of nitrogens with one attached hydrogen (secondary N) is 2. The van der Waals surface area contributed by atoms with Crippen LogP contribution in [0.5, 0.6) is 0 Å². The SMILES string of the molecule is COCC(C)CNc1ccc2[nH]ccc2c1. The van der Waals surface area contributed by atoms with Crippen molar-refractivity contribution in [3.63, 3.8) is 0 Å². The van der Waals surface area contributed by atoms with Gasteiger partial charge in [0.05, 0.1) is 6.61 Å². The molecular weight excluding hydrogens is 200 g/mol. The van der Waals surface area contributed by atoms with Crippen LogP contribution in [0.25, 0.3) is 10.9 Å². The number of fused-ring (bicyclic) bond motifs is 1. The van der Waals surface area contributed by atoms with E-state index in [4.69, 9.17) is 4.74 Å². The molecule has 1 aromatic heterocycles. The molecule has 0 fully saturated rings. The molecule has 0 aliphatic heterocycles. The summed E-state index contributed by atoms with van der Waals surface area (Å²) < 4.78 is 5.10. The zero-order valence-electron chi connectivity index (χ0n) is 9.79. The Bertz CT molecular complexity index is 450. The first kappa shape index (κ1) is 11.0. The van der Waals surface area contributed by atoms with Gasteiger partial charge in [-0.25, -0.2) is 0 Å². The van der Waals surface area contributed by atoms with E-state index in [0.29, 0.717) is 5.92 Å². The van der Waals surface area contributed by atoms with E-state index in [1.165, 1.54) is 10.9 Å². The maximum absolute atomic E-state index is 5.10. The van der Waals surface area contributed by atoms with Crippen LogP contribution in [-0.4, -0.2) is 25.2 Å². The minimum Gasteiger partial charge on any atom is -0.385 e. The average molecular weight is 218 g/mol. The fourth-order valence-corrected chi connectivity index (χ4v) is 1.80. The minimum atomic E-state index is 0.520. The molecule has 2 N–H and O–H groups in total. The van der Waals surface area contributed by atoms with Gasteiger partial charge in [-0.15, -0.1) is 0 Å². The van der Waals surface area contributed by atoms with Gasteiger partial charge in [0.25, 0.3) is 0 Å². The third-order valence-electron chi connectivity index (χ3n) is 2.66. The molecule has 0 aliphatic rings. The number of aromatic nitrogens is 1. The van der Waals surface area contributed by atoms with E-state index >= 15 is 0 Å². The molecule has 1 heterocycles. The summed E-state index contributed by atoms with van der Waals surface area (Å²) in [6.45, 7) is 3.90. The highest BCUT2D eigenvalue weighted by atomic mass is 16.5. The Morgan fingerprint density at radius 3 is 3.06 bits per heavy atom. The van der Waals surface area contributed by atoms with E-state index in [1.807, 2.05) is 6.20 Å². The maximum atomic E-state index is 5.10. The largest absolute Gasteiger partial charge is 0.385 e. The third-order valence-corrected chi connectivity index (χ3v) is 2.66. The molecule has 0 saturated heterocycles. The van der Waals surface area contributed by atoms with Crippen molar-refractivity contribution in [2.45, 2.75) is 6.92 Å². The molecule has 3 heteroatoms. The first-order valence-electron chi connectivity index (χ1n) is 5.59.